The molecule has 1 unspecified atom stereocenters. The van der Waals surface area contributed by atoms with Crippen LogP contribution in [-0.2, 0) is 0 Å². The SMILES string of the molecule is Cl.NCCC1CCCCN1C(=O)c1csc([N+](=O)[O-])c1. The maximum Gasteiger partial charge on any atom is 0.324 e. The minimum absolute atomic E-state index is 0. The number of carbonyl (C=O) groups is 1. The number of thiophene rings is 1. The van der Waals surface area contributed by atoms with Gasteiger partial charge < -0.3 is 10.6 Å². The van der Waals surface area contributed by atoms with Crippen LogP contribution in [0.4, 0.5) is 5.00 Å². The Bertz CT molecular complexity index is 478. The normalized spacial score (nSPS) is 18.4. The topological polar surface area (TPSA) is 89.5 Å². The third kappa shape index (κ3) is 3.68. The molecule has 1 aromatic heterocycles. The van der Waals surface area contributed by atoms with Gasteiger partial charge in [0, 0.05) is 24.0 Å². The van der Waals surface area contributed by atoms with Crippen molar-refractivity contribution in [1.29, 1.82) is 0 Å². The lowest BCUT2D eigenvalue weighted by atomic mass is 9.98. The Morgan fingerprint density at radius 2 is 2.30 bits per heavy atom. The van der Waals surface area contributed by atoms with E-state index < -0.39 is 4.92 Å². The summed E-state index contributed by atoms with van der Waals surface area (Å²) in [6, 6.07) is 1.53. The number of hydrogen-bond acceptors (Lipinski definition) is 5. The lowest BCUT2D eigenvalue weighted by Gasteiger charge is -2.35. The Morgan fingerprint density at radius 3 is 2.90 bits per heavy atom. The molecule has 1 fully saturated rings. The largest absolute Gasteiger partial charge is 0.336 e. The van der Waals surface area contributed by atoms with Gasteiger partial charge in [-0.1, -0.05) is 11.3 Å². The van der Waals surface area contributed by atoms with Crippen LogP contribution < -0.4 is 5.73 Å². The number of hydrogen-bond donors (Lipinski definition) is 1. The number of piperidine rings is 1. The molecule has 0 aliphatic carbocycles. The van der Waals surface area contributed by atoms with E-state index in [1.807, 2.05) is 4.90 Å². The number of carbonyl (C=O) groups excluding carboxylic acids is 1. The first-order valence-corrected chi connectivity index (χ1v) is 7.25. The first kappa shape index (κ1) is 16.9. The zero-order chi connectivity index (χ0) is 13.8. The minimum Gasteiger partial charge on any atom is -0.336 e. The van der Waals surface area contributed by atoms with Crippen molar-refractivity contribution in [3.63, 3.8) is 0 Å². The molecule has 0 bridgehead atoms. The molecule has 1 aliphatic heterocycles. The molecular formula is C12H18ClN3O3S. The summed E-state index contributed by atoms with van der Waals surface area (Å²) in [4.78, 5) is 24.4. The van der Waals surface area contributed by atoms with Crippen LogP contribution in [0.1, 0.15) is 36.0 Å². The van der Waals surface area contributed by atoms with Crippen molar-refractivity contribution < 1.29 is 9.72 Å². The Kier molecular flexibility index (Phi) is 6.38. The lowest BCUT2D eigenvalue weighted by molar-refractivity contribution is -0.380. The van der Waals surface area contributed by atoms with Gasteiger partial charge >= 0.3 is 5.00 Å². The van der Waals surface area contributed by atoms with E-state index in [0.29, 0.717) is 18.7 Å². The average Bonchev–Trinajstić information content (AvgIpc) is 2.89. The van der Waals surface area contributed by atoms with Gasteiger partial charge in [0.05, 0.1) is 10.5 Å². The maximum absolute atomic E-state index is 12.4. The summed E-state index contributed by atoms with van der Waals surface area (Å²) in [5.74, 6) is -0.109. The standard InChI is InChI=1S/C12H17N3O3S.ClH/c13-5-4-10-3-1-2-6-14(10)12(16)9-7-11(15(17)18)19-8-9;/h7-8,10H,1-6,13H2;1H. The molecule has 0 saturated carbocycles. The number of halogens is 1. The number of nitrogens with zero attached hydrogens (tertiary/aromatic N) is 2. The predicted molar refractivity (Wildman–Crippen MR) is 80.6 cm³/mol. The van der Waals surface area contributed by atoms with Gasteiger partial charge in [0.2, 0.25) is 0 Å². The van der Waals surface area contributed by atoms with Gasteiger partial charge in [-0.25, -0.2) is 0 Å². The van der Waals surface area contributed by atoms with Crippen molar-refractivity contribution in [2.75, 3.05) is 13.1 Å². The molecule has 1 amide bonds. The van der Waals surface area contributed by atoms with Crippen LogP contribution in [0.25, 0.3) is 0 Å². The molecule has 0 spiro atoms. The van der Waals surface area contributed by atoms with Crippen LogP contribution in [0.3, 0.4) is 0 Å². The second kappa shape index (κ2) is 7.56. The Labute approximate surface area is 127 Å². The van der Waals surface area contributed by atoms with E-state index in [0.717, 1.165) is 37.0 Å². The summed E-state index contributed by atoms with van der Waals surface area (Å²) in [7, 11) is 0. The molecule has 1 aliphatic rings. The highest BCUT2D eigenvalue weighted by Crippen LogP contribution is 2.27. The molecule has 8 heteroatoms. The van der Waals surface area contributed by atoms with E-state index in [9.17, 15) is 14.9 Å². The summed E-state index contributed by atoms with van der Waals surface area (Å²) < 4.78 is 0. The van der Waals surface area contributed by atoms with E-state index >= 15 is 0 Å². The van der Waals surface area contributed by atoms with Crippen molar-refractivity contribution in [3.05, 3.63) is 27.1 Å². The summed E-state index contributed by atoms with van der Waals surface area (Å²) in [5, 5.41) is 12.2. The highest BCUT2D eigenvalue weighted by atomic mass is 35.5. The van der Waals surface area contributed by atoms with Crippen molar-refractivity contribution >= 4 is 34.7 Å². The van der Waals surface area contributed by atoms with Crippen molar-refractivity contribution in [1.82, 2.24) is 4.90 Å². The van der Waals surface area contributed by atoms with Crippen LogP contribution in [0.2, 0.25) is 0 Å². The molecule has 2 heterocycles. The Balaban J connectivity index is 0.00000200. The lowest BCUT2D eigenvalue weighted by Crippen LogP contribution is -2.44. The zero-order valence-corrected chi connectivity index (χ0v) is 12.6. The number of nitrogens with two attached hydrogens (primary N) is 1. The third-order valence-electron chi connectivity index (χ3n) is 3.40. The van der Waals surface area contributed by atoms with Crippen LogP contribution >= 0.6 is 23.7 Å². The third-order valence-corrected chi connectivity index (χ3v) is 4.28. The van der Waals surface area contributed by atoms with E-state index in [4.69, 9.17) is 5.73 Å². The second-order valence-corrected chi connectivity index (χ2v) is 5.55. The van der Waals surface area contributed by atoms with E-state index in [-0.39, 0.29) is 29.4 Å². The van der Waals surface area contributed by atoms with Gasteiger partial charge in [-0.3, -0.25) is 14.9 Å². The number of rotatable bonds is 4. The predicted octanol–water partition coefficient (Wildman–Crippen LogP) is 2.42. The molecule has 0 aromatic carbocycles. The first-order chi connectivity index (χ1) is 9.13. The molecule has 2 rings (SSSR count). The van der Waals surface area contributed by atoms with Gasteiger partial charge in [-0.15, -0.1) is 12.4 Å². The molecule has 1 aromatic rings. The molecule has 20 heavy (non-hydrogen) atoms. The molecule has 0 radical (unpaired) electrons. The zero-order valence-electron chi connectivity index (χ0n) is 11.0. The smallest absolute Gasteiger partial charge is 0.324 e. The highest BCUT2D eigenvalue weighted by Gasteiger charge is 2.28. The van der Waals surface area contributed by atoms with Gasteiger partial charge in [0.25, 0.3) is 5.91 Å². The maximum atomic E-state index is 12.4. The van der Waals surface area contributed by atoms with Gasteiger partial charge in [0.15, 0.2) is 0 Å². The van der Waals surface area contributed by atoms with Crippen LogP contribution in [0.5, 0.6) is 0 Å². The summed E-state index contributed by atoms with van der Waals surface area (Å²) in [5.41, 5.74) is 6.00. The highest BCUT2D eigenvalue weighted by molar-refractivity contribution is 7.13. The van der Waals surface area contributed by atoms with Crippen molar-refractivity contribution in [3.8, 4) is 0 Å². The summed E-state index contributed by atoms with van der Waals surface area (Å²) in [6.45, 7) is 1.27. The summed E-state index contributed by atoms with van der Waals surface area (Å²) >= 11 is 0.993. The molecule has 112 valence electrons. The molecular weight excluding hydrogens is 302 g/mol. The first-order valence-electron chi connectivity index (χ1n) is 6.37. The van der Waals surface area contributed by atoms with E-state index in [2.05, 4.69) is 0 Å². The monoisotopic (exact) mass is 319 g/mol. The van der Waals surface area contributed by atoms with E-state index in [1.54, 1.807) is 5.38 Å². The van der Waals surface area contributed by atoms with Crippen LogP contribution in [0, 0.1) is 10.1 Å². The average molecular weight is 320 g/mol. The van der Waals surface area contributed by atoms with Crippen LogP contribution in [0.15, 0.2) is 11.4 Å². The Hall–Kier alpha value is -1.18. The van der Waals surface area contributed by atoms with Gasteiger partial charge in [-0.05, 0) is 32.2 Å². The fraction of sp³-hybridized carbons (Fsp3) is 0.583. The van der Waals surface area contributed by atoms with Crippen molar-refractivity contribution in [2.24, 2.45) is 5.73 Å². The fourth-order valence-corrected chi connectivity index (χ4v) is 3.16. The number of nitro groups is 1. The van der Waals surface area contributed by atoms with Crippen LogP contribution in [-0.4, -0.2) is 34.9 Å². The molecule has 2 N–H and O–H groups in total. The molecule has 6 nitrogen and oxygen atoms in total. The van der Waals surface area contributed by atoms with Gasteiger partial charge in [-0.2, -0.15) is 0 Å². The molecule has 1 saturated heterocycles. The quantitative estimate of drug-likeness (QED) is 0.681. The van der Waals surface area contributed by atoms with Crippen molar-refractivity contribution in [2.45, 2.75) is 31.7 Å². The minimum atomic E-state index is -0.463. The van der Waals surface area contributed by atoms with E-state index in [1.165, 1.54) is 6.07 Å². The molecule has 1 atom stereocenters. The fourth-order valence-electron chi connectivity index (χ4n) is 2.46. The second-order valence-electron chi connectivity index (χ2n) is 4.66. The van der Waals surface area contributed by atoms with Gasteiger partial charge in [0.1, 0.15) is 0 Å². The Morgan fingerprint density at radius 1 is 1.55 bits per heavy atom. The number of amides is 1. The summed E-state index contributed by atoms with van der Waals surface area (Å²) in [6.07, 6.45) is 3.85. The number of likely N-dealkylation sites (tertiary alicyclic amines) is 1.